The van der Waals surface area contributed by atoms with Gasteiger partial charge in [-0.15, -0.1) is 12.4 Å². The van der Waals surface area contributed by atoms with Crippen molar-refractivity contribution in [3.8, 4) is 5.75 Å². The number of hydrogen-bond acceptors (Lipinski definition) is 5. The highest BCUT2D eigenvalue weighted by atomic mass is 35.5. The zero-order valence-corrected chi connectivity index (χ0v) is 19.3. The van der Waals surface area contributed by atoms with Crippen LogP contribution in [0.25, 0.3) is 11.0 Å². The van der Waals surface area contributed by atoms with Crippen molar-refractivity contribution < 1.29 is 14.3 Å². The summed E-state index contributed by atoms with van der Waals surface area (Å²) in [7, 11) is 0. The SMILES string of the molecule is Cc1cc(OCC(CNC(C)(C)C)OC(=O)C(C)(C)C)c2[nH]c(=S)[nH]c2c1.Cl. The number of aromatic nitrogens is 2. The molecule has 3 N–H and O–H groups in total. The standard InChI is InChI=1S/C20H31N3O3S.ClH/c1-12-8-14-16(23-18(27)22-14)15(9-12)25-11-13(10-21-20(5,6)7)26-17(24)19(2,3)4;/h8-9,13,21H,10-11H2,1-7H3,(H2,22,23,27);1H. The molecule has 0 spiro atoms. The van der Waals surface area contributed by atoms with Crippen LogP contribution in [0.2, 0.25) is 0 Å². The number of halogens is 1. The van der Waals surface area contributed by atoms with E-state index in [1.165, 1.54) is 0 Å². The van der Waals surface area contributed by atoms with Crippen LogP contribution in [-0.2, 0) is 9.53 Å². The molecule has 1 aromatic heterocycles. The van der Waals surface area contributed by atoms with E-state index < -0.39 is 11.5 Å². The minimum absolute atomic E-state index is 0. The molecule has 1 heterocycles. The van der Waals surface area contributed by atoms with Gasteiger partial charge >= 0.3 is 5.97 Å². The molecule has 1 unspecified atom stereocenters. The second kappa shape index (κ2) is 9.29. The quantitative estimate of drug-likeness (QED) is 0.459. The van der Waals surface area contributed by atoms with Crippen molar-refractivity contribution in [2.45, 2.75) is 60.1 Å². The summed E-state index contributed by atoms with van der Waals surface area (Å²) < 4.78 is 12.3. The molecule has 158 valence electrons. The molecule has 6 nitrogen and oxygen atoms in total. The maximum absolute atomic E-state index is 12.4. The smallest absolute Gasteiger partial charge is 0.311 e. The number of rotatable bonds is 6. The average molecular weight is 430 g/mol. The first kappa shape index (κ1) is 24.5. The molecule has 0 aliphatic carbocycles. The molecule has 0 aliphatic heterocycles. The van der Waals surface area contributed by atoms with Crippen molar-refractivity contribution in [1.82, 2.24) is 15.3 Å². The van der Waals surface area contributed by atoms with Gasteiger partial charge in [0.05, 0.1) is 10.9 Å². The van der Waals surface area contributed by atoms with Crippen LogP contribution in [-0.4, -0.2) is 40.7 Å². The van der Waals surface area contributed by atoms with Crippen LogP contribution in [0, 0.1) is 17.1 Å². The van der Waals surface area contributed by atoms with E-state index in [2.05, 4.69) is 36.1 Å². The number of carbonyl (C=O) groups excluding carboxylic acids is 1. The summed E-state index contributed by atoms with van der Waals surface area (Å²) in [6.45, 7) is 14.5. The number of nitrogens with one attached hydrogen (secondary N) is 3. The zero-order chi connectivity index (χ0) is 20.4. The van der Waals surface area contributed by atoms with Gasteiger partial charge in [0.2, 0.25) is 0 Å². The van der Waals surface area contributed by atoms with Gasteiger partial charge in [0.25, 0.3) is 0 Å². The predicted molar refractivity (Wildman–Crippen MR) is 118 cm³/mol. The van der Waals surface area contributed by atoms with E-state index in [0.29, 0.717) is 17.1 Å². The van der Waals surface area contributed by atoms with E-state index in [-0.39, 0.29) is 30.5 Å². The summed E-state index contributed by atoms with van der Waals surface area (Å²) in [5.41, 5.74) is 2.11. The Labute approximate surface area is 178 Å². The highest BCUT2D eigenvalue weighted by molar-refractivity contribution is 7.71. The summed E-state index contributed by atoms with van der Waals surface area (Å²) >= 11 is 5.19. The Morgan fingerprint density at radius 3 is 2.39 bits per heavy atom. The van der Waals surface area contributed by atoms with E-state index >= 15 is 0 Å². The topological polar surface area (TPSA) is 79.1 Å². The molecule has 0 amide bonds. The first-order valence-electron chi connectivity index (χ1n) is 9.17. The Hall–Kier alpha value is -1.57. The number of benzene rings is 1. The second-order valence-corrected chi connectivity index (χ2v) is 9.39. The first-order chi connectivity index (χ1) is 12.3. The normalized spacial score (nSPS) is 13.1. The fraction of sp³-hybridized carbons (Fsp3) is 0.600. The van der Waals surface area contributed by atoms with E-state index in [9.17, 15) is 4.79 Å². The Bertz CT molecular complexity index is 862. The lowest BCUT2D eigenvalue weighted by Gasteiger charge is -2.27. The number of carbonyl (C=O) groups is 1. The van der Waals surface area contributed by atoms with Crippen LogP contribution in [0.3, 0.4) is 0 Å². The Morgan fingerprint density at radius 2 is 1.82 bits per heavy atom. The number of ether oxygens (including phenoxy) is 2. The van der Waals surface area contributed by atoms with Crippen molar-refractivity contribution in [1.29, 1.82) is 0 Å². The van der Waals surface area contributed by atoms with Crippen LogP contribution >= 0.6 is 24.6 Å². The van der Waals surface area contributed by atoms with Crippen LogP contribution in [0.5, 0.6) is 5.75 Å². The fourth-order valence-electron chi connectivity index (χ4n) is 2.43. The van der Waals surface area contributed by atoms with Crippen LogP contribution in [0.1, 0.15) is 47.1 Å². The van der Waals surface area contributed by atoms with E-state index in [4.69, 9.17) is 21.7 Å². The molecule has 8 heteroatoms. The van der Waals surface area contributed by atoms with Gasteiger partial charge in [0, 0.05) is 12.1 Å². The molecular weight excluding hydrogens is 398 g/mol. The predicted octanol–water partition coefficient (Wildman–Crippen LogP) is 4.68. The molecule has 2 rings (SSSR count). The minimum atomic E-state index is -0.567. The zero-order valence-electron chi connectivity index (χ0n) is 17.7. The number of aromatic amines is 2. The van der Waals surface area contributed by atoms with E-state index in [0.717, 1.165) is 16.6 Å². The lowest BCUT2D eigenvalue weighted by atomic mass is 9.97. The van der Waals surface area contributed by atoms with Crippen molar-refractivity contribution in [3.05, 3.63) is 22.5 Å². The lowest BCUT2D eigenvalue weighted by molar-refractivity contribution is -0.160. The fourth-order valence-corrected chi connectivity index (χ4v) is 2.64. The third-order valence-electron chi connectivity index (χ3n) is 3.90. The van der Waals surface area contributed by atoms with Crippen molar-refractivity contribution >= 4 is 41.6 Å². The molecule has 0 saturated heterocycles. The van der Waals surface area contributed by atoms with Gasteiger partial charge in [0.1, 0.15) is 24.0 Å². The molecule has 28 heavy (non-hydrogen) atoms. The van der Waals surface area contributed by atoms with Gasteiger partial charge in [-0.05, 0) is 78.4 Å². The maximum atomic E-state index is 12.4. The molecule has 1 aromatic carbocycles. The maximum Gasteiger partial charge on any atom is 0.311 e. The van der Waals surface area contributed by atoms with Gasteiger partial charge < -0.3 is 24.8 Å². The van der Waals surface area contributed by atoms with Crippen LogP contribution in [0.15, 0.2) is 12.1 Å². The number of hydrogen-bond donors (Lipinski definition) is 3. The molecule has 1 atom stereocenters. The van der Waals surface area contributed by atoms with Gasteiger partial charge in [0.15, 0.2) is 4.77 Å². The highest BCUT2D eigenvalue weighted by Crippen LogP contribution is 2.25. The van der Waals surface area contributed by atoms with Crippen molar-refractivity contribution in [2.75, 3.05) is 13.2 Å². The van der Waals surface area contributed by atoms with Crippen molar-refractivity contribution in [2.24, 2.45) is 5.41 Å². The van der Waals surface area contributed by atoms with Crippen LogP contribution < -0.4 is 10.1 Å². The summed E-state index contributed by atoms with van der Waals surface area (Å²) in [5, 5.41) is 3.38. The number of aryl methyl sites for hydroxylation is 1. The van der Waals surface area contributed by atoms with E-state index in [1.807, 2.05) is 39.8 Å². The Balaban J connectivity index is 0.00000392. The first-order valence-corrected chi connectivity index (χ1v) is 9.57. The summed E-state index contributed by atoms with van der Waals surface area (Å²) in [5.74, 6) is 0.437. The number of fused-ring (bicyclic) bond motifs is 1. The van der Waals surface area contributed by atoms with Gasteiger partial charge in [-0.25, -0.2) is 0 Å². The average Bonchev–Trinajstić information content (AvgIpc) is 2.87. The lowest BCUT2D eigenvalue weighted by Crippen LogP contribution is -2.45. The largest absolute Gasteiger partial charge is 0.487 e. The molecule has 2 aromatic rings. The summed E-state index contributed by atoms with van der Waals surface area (Å²) in [4.78, 5) is 18.6. The van der Waals surface area contributed by atoms with Gasteiger partial charge in [-0.1, -0.05) is 0 Å². The van der Waals surface area contributed by atoms with Crippen LogP contribution in [0.4, 0.5) is 0 Å². The molecule has 0 aliphatic rings. The monoisotopic (exact) mass is 429 g/mol. The summed E-state index contributed by atoms with van der Waals surface area (Å²) in [6, 6.07) is 3.95. The number of H-pyrrole nitrogens is 2. The van der Waals surface area contributed by atoms with Gasteiger partial charge in [-0.2, -0.15) is 0 Å². The molecule has 0 radical (unpaired) electrons. The third kappa shape index (κ3) is 7.11. The summed E-state index contributed by atoms with van der Waals surface area (Å²) in [6.07, 6.45) is -0.409. The molecular formula is C20H32ClN3O3S. The second-order valence-electron chi connectivity index (χ2n) is 8.98. The molecule has 0 bridgehead atoms. The van der Waals surface area contributed by atoms with Crippen molar-refractivity contribution in [3.63, 3.8) is 0 Å². The third-order valence-corrected chi connectivity index (χ3v) is 4.11. The molecule has 0 saturated carbocycles. The Morgan fingerprint density at radius 1 is 1.18 bits per heavy atom. The van der Waals surface area contributed by atoms with E-state index in [1.54, 1.807) is 0 Å². The Kier molecular flexibility index (Phi) is 8.11. The number of imidazole rings is 1. The molecule has 0 fully saturated rings. The highest BCUT2D eigenvalue weighted by Gasteiger charge is 2.27. The van der Waals surface area contributed by atoms with Gasteiger partial charge in [-0.3, -0.25) is 4.79 Å². The minimum Gasteiger partial charge on any atom is -0.487 e. The number of esters is 1.